The number of aromatic amines is 1. The van der Waals surface area contributed by atoms with Crippen LogP contribution in [-0.4, -0.2) is 28.2 Å². The number of anilines is 1. The number of H-pyrrole nitrogens is 1. The van der Waals surface area contributed by atoms with E-state index in [0.29, 0.717) is 5.39 Å². The molecule has 2 unspecified atom stereocenters. The van der Waals surface area contributed by atoms with E-state index in [9.17, 15) is 4.79 Å². The van der Waals surface area contributed by atoms with Gasteiger partial charge in [0, 0.05) is 23.5 Å². The number of rotatable bonds is 8. The van der Waals surface area contributed by atoms with Crippen LogP contribution >= 0.6 is 0 Å². The molecule has 5 rings (SSSR count). The van der Waals surface area contributed by atoms with E-state index in [4.69, 9.17) is 0 Å². The average Bonchev–Trinajstić information content (AvgIpc) is 2.87. The van der Waals surface area contributed by atoms with Gasteiger partial charge in [0.2, 0.25) is 0 Å². The normalized spacial score (nSPS) is 18.9. The van der Waals surface area contributed by atoms with Gasteiger partial charge in [-0.15, -0.1) is 5.73 Å². The molecule has 5 nitrogen and oxygen atoms in total. The lowest BCUT2D eigenvalue weighted by Gasteiger charge is -2.36. The van der Waals surface area contributed by atoms with Gasteiger partial charge in [-0.25, -0.2) is 5.10 Å². The fourth-order valence-electron chi connectivity index (χ4n) is 5.41. The highest BCUT2D eigenvalue weighted by atomic mass is 16.1. The molecule has 2 aliphatic rings. The van der Waals surface area contributed by atoms with Crippen LogP contribution in [0.15, 0.2) is 76.8 Å². The highest BCUT2D eigenvalue weighted by molar-refractivity contribution is 5.97. The van der Waals surface area contributed by atoms with Crippen molar-refractivity contribution in [1.82, 2.24) is 15.1 Å². The first-order valence-corrected chi connectivity index (χ1v) is 12.4. The lowest BCUT2D eigenvalue weighted by Crippen LogP contribution is -2.29. The number of hydrogen-bond donors (Lipinski definition) is 2. The van der Waals surface area contributed by atoms with Gasteiger partial charge in [0.05, 0.1) is 17.1 Å². The summed E-state index contributed by atoms with van der Waals surface area (Å²) in [7, 11) is 0. The molecule has 0 bridgehead atoms. The van der Waals surface area contributed by atoms with Crippen LogP contribution in [0.25, 0.3) is 10.8 Å². The molecule has 0 spiro atoms. The maximum atomic E-state index is 12.5. The predicted octanol–water partition coefficient (Wildman–Crippen LogP) is 5.84. The first-order chi connectivity index (χ1) is 16.7. The van der Waals surface area contributed by atoms with E-state index in [2.05, 4.69) is 82.5 Å². The van der Waals surface area contributed by atoms with E-state index < -0.39 is 0 Å². The molecule has 0 fully saturated rings. The molecule has 174 valence electrons. The molecular weight excluding hydrogens is 420 g/mol. The summed E-state index contributed by atoms with van der Waals surface area (Å²) < 4.78 is 0. The summed E-state index contributed by atoms with van der Waals surface area (Å²) in [6.07, 6.45) is 9.34. The van der Waals surface area contributed by atoms with Crippen molar-refractivity contribution < 1.29 is 0 Å². The van der Waals surface area contributed by atoms with Crippen molar-refractivity contribution >= 4 is 16.5 Å². The zero-order chi connectivity index (χ0) is 23.5. The second-order valence-electron chi connectivity index (χ2n) is 9.27. The molecule has 0 saturated heterocycles. The summed E-state index contributed by atoms with van der Waals surface area (Å²) in [5, 5.41) is 12.8. The number of nitrogens with zero attached hydrogens (tertiary/aromatic N) is 2. The van der Waals surface area contributed by atoms with Crippen molar-refractivity contribution in [2.75, 3.05) is 18.4 Å². The number of hydrogen-bond acceptors (Lipinski definition) is 4. The molecule has 0 amide bonds. The Hall–Kier alpha value is -3.40. The van der Waals surface area contributed by atoms with Gasteiger partial charge in [0.25, 0.3) is 5.56 Å². The summed E-state index contributed by atoms with van der Waals surface area (Å²) in [6, 6.07) is 14.9. The number of nitrogens with one attached hydrogen (secondary N) is 2. The third-order valence-corrected chi connectivity index (χ3v) is 6.83. The van der Waals surface area contributed by atoms with Gasteiger partial charge in [-0.2, -0.15) is 5.10 Å². The molecule has 2 heterocycles. The summed E-state index contributed by atoms with van der Waals surface area (Å²) in [4.78, 5) is 15.1. The lowest BCUT2D eigenvalue weighted by atomic mass is 9.78. The summed E-state index contributed by atoms with van der Waals surface area (Å²) in [6.45, 7) is 7.66. The van der Waals surface area contributed by atoms with Crippen molar-refractivity contribution in [2.45, 2.75) is 51.6 Å². The molecule has 1 aromatic heterocycles. The highest BCUT2D eigenvalue weighted by Gasteiger charge is 2.35. The van der Waals surface area contributed by atoms with Gasteiger partial charge in [-0.1, -0.05) is 55.8 Å². The Morgan fingerprint density at radius 3 is 2.71 bits per heavy atom. The topological polar surface area (TPSA) is 61.0 Å². The van der Waals surface area contributed by atoms with Crippen LogP contribution in [0, 0.1) is 0 Å². The Balaban J connectivity index is 1.58. The molecular formula is C29H32N4O. The fraction of sp³-hybridized carbons (Fsp3) is 0.345. The zero-order valence-electron chi connectivity index (χ0n) is 20.0. The molecule has 0 radical (unpaired) electrons. The maximum Gasteiger partial charge on any atom is 0.272 e. The Morgan fingerprint density at radius 2 is 1.94 bits per heavy atom. The third kappa shape index (κ3) is 4.25. The third-order valence-electron chi connectivity index (χ3n) is 6.83. The molecule has 2 atom stereocenters. The van der Waals surface area contributed by atoms with Crippen molar-refractivity contribution in [3.05, 3.63) is 99.2 Å². The zero-order valence-corrected chi connectivity index (χ0v) is 20.0. The fourth-order valence-corrected chi connectivity index (χ4v) is 5.41. The Labute approximate surface area is 200 Å². The maximum absolute atomic E-state index is 12.5. The minimum Gasteiger partial charge on any atom is -0.377 e. The summed E-state index contributed by atoms with van der Waals surface area (Å²) >= 11 is 0. The van der Waals surface area contributed by atoms with E-state index in [1.54, 1.807) is 0 Å². The van der Waals surface area contributed by atoms with Gasteiger partial charge < -0.3 is 5.32 Å². The average molecular weight is 453 g/mol. The van der Waals surface area contributed by atoms with E-state index in [1.807, 2.05) is 18.2 Å². The lowest BCUT2D eigenvalue weighted by molar-refractivity contribution is 0.266. The van der Waals surface area contributed by atoms with Crippen LogP contribution in [0.1, 0.15) is 61.9 Å². The van der Waals surface area contributed by atoms with E-state index >= 15 is 0 Å². The van der Waals surface area contributed by atoms with Crippen LogP contribution in [0.4, 0.5) is 5.69 Å². The summed E-state index contributed by atoms with van der Waals surface area (Å²) in [5.74, 6) is 0.0153. The minimum atomic E-state index is -0.147. The van der Waals surface area contributed by atoms with Crippen molar-refractivity contribution in [1.29, 1.82) is 0 Å². The van der Waals surface area contributed by atoms with E-state index in [-0.39, 0.29) is 17.5 Å². The smallest absolute Gasteiger partial charge is 0.272 e. The van der Waals surface area contributed by atoms with Crippen LogP contribution < -0.4 is 10.9 Å². The second-order valence-corrected chi connectivity index (χ2v) is 9.27. The Bertz CT molecular complexity index is 1340. The molecule has 1 aliphatic carbocycles. The summed E-state index contributed by atoms with van der Waals surface area (Å²) in [5.41, 5.74) is 8.79. The Morgan fingerprint density at radius 1 is 1.12 bits per heavy atom. The molecule has 3 aromatic rings. The first-order valence-electron chi connectivity index (χ1n) is 12.4. The van der Waals surface area contributed by atoms with Gasteiger partial charge in [-0.3, -0.25) is 9.69 Å². The van der Waals surface area contributed by atoms with Gasteiger partial charge in [-0.05, 0) is 67.8 Å². The van der Waals surface area contributed by atoms with E-state index in [0.717, 1.165) is 55.7 Å². The monoisotopic (exact) mass is 452 g/mol. The van der Waals surface area contributed by atoms with E-state index in [1.165, 1.54) is 16.7 Å². The van der Waals surface area contributed by atoms with Crippen LogP contribution in [0.2, 0.25) is 0 Å². The molecule has 5 heteroatoms. The van der Waals surface area contributed by atoms with Crippen molar-refractivity contribution in [3.63, 3.8) is 0 Å². The number of aromatic nitrogens is 2. The second kappa shape index (κ2) is 9.84. The van der Waals surface area contributed by atoms with Crippen molar-refractivity contribution in [2.24, 2.45) is 0 Å². The highest BCUT2D eigenvalue weighted by Crippen LogP contribution is 2.47. The number of benzene rings is 2. The molecule has 1 aliphatic heterocycles. The van der Waals surface area contributed by atoms with Crippen molar-refractivity contribution in [3.8, 4) is 0 Å². The largest absolute Gasteiger partial charge is 0.377 e. The van der Waals surface area contributed by atoms with Crippen LogP contribution in [0.5, 0.6) is 0 Å². The first kappa shape index (κ1) is 22.4. The van der Waals surface area contributed by atoms with Gasteiger partial charge >= 0.3 is 0 Å². The predicted molar refractivity (Wildman–Crippen MR) is 139 cm³/mol. The quantitative estimate of drug-likeness (QED) is 0.422. The van der Waals surface area contributed by atoms with Crippen LogP contribution in [-0.2, 0) is 6.54 Å². The standard InChI is InChI=1S/C29H32N4O/c1-3-16-33(17-4-2)19-20-10-8-13-22(18-20)27-25(21-11-6-5-7-12-21)28-26-23(29(34)32-31-28)14-9-15-24(26)30-27/h6-11,13-15,18,25,27,30H,3-4,12,16-17,19H2,1-2H3,(H,32,34). The number of allylic oxidation sites excluding steroid dienone is 2. The SMILES string of the molecule is CCCN(CCC)Cc1cccc(C2Nc3cccc4c(=O)[nH]nc(c34)C2C2=CC=C=CC2)c1. The van der Waals surface area contributed by atoms with Gasteiger partial charge in [0.1, 0.15) is 0 Å². The molecule has 0 saturated carbocycles. The van der Waals surface area contributed by atoms with Crippen LogP contribution in [0.3, 0.4) is 0 Å². The minimum absolute atomic E-state index is 0.0153. The Kier molecular flexibility index (Phi) is 6.48. The molecule has 2 N–H and O–H groups in total. The van der Waals surface area contributed by atoms with Gasteiger partial charge in [0.15, 0.2) is 0 Å². The molecule has 34 heavy (non-hydrogen) atoms. The molecule has 2 aromatic carbocycles.